The van der Waals surface area contributed by atoms with Crippen molar-refractivity contribution in [2.75, 3.05) is 42.9 Å². The summed E-state index contributed by atoms with van der Waals surface area (Å²) in [4.78, 5) is 18.5. The van der Waals surface area contributed by atoms with Gasteiger partial charge in [-0.05, 0) is 25.3 Å². The van der Waals surface area contributed by atoms with E-state index < -0.39 is 34.0 Å². The van der Waals surface area contributed by atoms with Crippen molar-refractivity contribution < 1.29 is 23.4 Å². The zero-order valence-corrected chi connectivity index (χ0v) is 21.7. The lowest BCUT2D eigenvalue weighted by Gasteiger charge is -2.20. The van der Waals surface area contributed by atoms with E-state index in [0.29, 0.717) is 41.4 Å². The van der Waals surface area contributed by atoms with Crippen LogP contribution < -0.4 is 10.6 Å². The number of sulfone groups is 1. The van der Waals surface area contributed by atoms with Gasteiger partial charge in [-0.3, -0.25) is 4.98 Å². The fourth-order valence-electron chi connectivity index (χ4n) is 4.64. The molecular formula is C23H30N6O5S2. The molecule has 0 amide bonds. The van der Waals surface area contributed by atoms with E-state index in [2.05, 4.69) is 25.6 Å². The van der Waals surface area contributed by atoms with Crippen molar-refractivity contribution in [2.45, 2.75) is 43.4 Å². The van der Waals surface area contributed by atoms with Gasteiger partial charge < -0.3 is 25.6 Å². The Morgan fingerprint density at radius 2 is 2.00 bits per heavy atom. The van der Waals surface area contributed by atoms with Crippen molar-refractivity contribution in [2.24, 2.45) is 5.92 Å². The Morgan fingerprint density at radius 3 is 2.72 bits per heavy atom. The molecule has 13 heteroatoms. The Kier molecular flexibility index (Phi) is 7.10. The summed E-state index contributed by atoms with van der Waals surface area (Å²) < 4.78 is 29.7. The number of aliphatic hydroxyl groups is 2. The second kappa shape index (κ2) is 10.1. The number of rotatable bonds is 10. The molecule has 2 aliphatic rings. The molecule has 194 valence electrons. The zero-order valence-electron chi connectivity index (χ0n) is 20.1. The molecule has 0 saturated heterocycles. The third-order valence-corrected chi connectivity index (χ3v) is 8.64. The highest BCUT2D eigenvalue weighted by Crippen LogP contribution is 2.44. The lowest BCUT2D eigenvalue weighted by molar-refractivity contribution is 0.0216. The van der Waals surface area contributed by atoms with Crippen molar-refractivity contribution in [1.82, 2.24) is 19.9 Å². The molecule has 2 saturated carbocycles. The van der Waals surface area contributed by atoms with Crippen LogP contribution in [0.15, 0.2) is 18.5 Å². The average molecular weight is 535 g/mol. The van der Waals surface area contributed by atoms with Gasteiger partial charge >= 0.3 is 0 Å². The number of nitrogens with one attached hydrogen (secondary N) is 2. The maximum atomic E-state index is 11.8. The molecule has 0 aromatic carbocycles. The number of hydrogen-bond donors (Lipinski definition) is 4. The second-order valence-corrected chi connectivity index (χ2v) is 12.7. The average Bonchev–Trinajstić information content (AvgIpc) is 3.53. The smallest absolute Gasteiger partial charge is 0.224 e. The van der Waals surface area contributed by atoms with Crippen molar-refractivity contribution >= 4 is 43.2 Å². The van der Waals surface area contributed by atoms with E-state index in [4.69, 9.17) is 9.72 Å². The van der Waals surface area contributed by atoms with Crippen LogP contribution >= 0.6 is 11.3 Å². The van der Waals surface area contributed by atoms with Crippen LogP contribution in [0.1, 0.15) is 30.9 Å². The largest absolute Gasteiger partial charge is 0.390 e. The van der Waals surface area contributed by atoms with Crippen molar-refractivity contribution in [3.8, 4) is 10.6 Å². The van der Waals surface area contributed by atoms with Gasteiger partial charge in [0.1, 0.15) is 32.3 Å². The molecular weight excluding hydrogens is 504 g/mol. The predicted octanol–water partition coefficient (Wildman–Crippen LogP) is 1.65. The molecule has 3 heterocycles. The summed E-state index contributed by atoms with van der Waals surface area (Å²) in [6.07, 6.45) is 4.83. The Balaban J connectivity index is 1.48. The fourth-order valence-corrected chi connectivity index (χ4v) is 6.73. The van der Waals surface area contributed by atoms with E-state index in [1.807, 2.05) is 12.3 Å². The van der Waals surface area contributed by atoms with Gasteiger partial charge in [-0.25, -0.2) is 18.4 Å². The van der Waals surface area contributed by atoms with E-state index in [1.54, 1.807) is 13.3 Å². The first kappa shape index (κ1) is 25.2. The maximum absolute atomic E-state index is 11.8. The molecule has 3 aromatic heterocycles. The highest BCUT2D eigenvalue weighted by atomic mass is 32.2. The molecule has 2 fully saturated rings. The molecule has 0 spiro atoms. The summed E-state index contributed by atoms with van der Waals surface area (Å²) in [7, 11) is -1.71. The van der Waals surface area contributed by atoms with Crippen LogP contribution in [0.2, 0.25) is 0 Å². The molecule has 4 unspecified atom stereocenters. The van der Waals surface area contributed by atoms with Crippen LogP contribution in [0.3, 0.4) is 0 Å². The summed E-state index contributed by atoms with van der Waals surface area (Å²) >= 11 is 1.52. The van der Waals surface area contributed by atoms with Crippen LogP contribution in [0.25, 0.3) is 20.8 Å². The minimum absolute atomic E-state index is 0.196. The van der Waals surface area contributed by atoms with Crippen molar-refractivity contribution in [3.63, 3.8) is 0 Å². The van der Waals surface area contributed by atoms with Crippen LogP contribution in [-0.2, 0) is 14.6 Å². The standard InChI is InChI=1S/C23H30N6O5S2/c1-34-8-7-25-23-26-10-14(22-28-18-16(35-22)5-6-24-17(18)12-3-4-12)21(29-23)27-15-9-13(11-36(2,32)33)19(30)20(15)31/h5-6,10,12-13,15,19-20,30-31H,3-4,7-9,11H2,1-2H3,(H2,25,26,27,29). The van der Waals surface area contributed by atoms with Gasteiger partial charge in [-0.15, -0.1) is 11.3 Å². The van der Waals surface area contributed by atoms with Gasteiger partial charge in [-0.2, -0.15) is 4.98 Å². The van der Waals surface area contributed by atoms with Crippen molar-refractivity contribution in [3.05, 3.63) is 24.2 Å². The van der Waals surface area contributed by atoms with Gasteiger partial charge in [0, 0.05) is 44.1 Å². The van der Waals surface area contributed by atoms with Crippen LogP contribution in [0.4, 0.5) is 11.8 Å². The van der Waals surface area contributed by atoms with E-state index in [1.165, 1.54) is 11.3 Å². The number of methoxy groups -OCH3 is 1. The van der Waals surface area contributed by atoms with Crippen molar-refractivity contribution in [1.29, 1.82) is 0 Å². The molecule has 5 rings (SSSR count). The molecule has 4 atom stereocenters. The minimum atomic E-state index is -3.31. The molecule has 0 aliphatic heterocycles. The van der Waals surface area contributed by atoms with Crippen LogP contribution in [0, 0.1) is 5.92 Å². The highest BCUT2D eigenvalue weighted by molar-refractivity contribution is 7.90. The lowest BCUT2D eigenvalue weighted by atomic mass is 10.1. The van der Waals surface area contributed by atoms with Gasteiger partial charge in [0.2, 0.25) is 5.95 Å². The fraction of sp³-hybridized carbons (Fsp3) is 0.565. The van der Waals surface area contributed by atoms with Gasteiger partial charge in [-0.1, -0.05) is 0 Å². The predicted molar refractivity (Wildman–Crippen MR) is 138 cm³/mol. The van der Waals surface area contributed by atoms with E-state index >= 15 is 0 Å². The molecule has 3 aromatic rings. The number of aliphatic hydroxyl groups excluding tert-OH is 2. The number of fused-ring (bicyclic) bond motifs is 1. The molecule has 4 N–H and O–H groups in total. The number of ether oxygens (including phenoxy) is 1. The van der Waals surface area contributed by atoms with Crippen LogP contribution in [-0.4, -0.2) is 89.1 Å². The third-order valence-electron chi connectivity index (χ3n) is 6.55. The van der Waals surface area contributed by atoms with Gasteiger partial charge in [0.15, 0.2) is 0 Å². The van der Waals surface area contributed by atoms with Gasteiger partial charge in [0.25, 0.3) is 0 Å². The Morgan fingerprint density at radius 1 is 1.19 bits per heavy atom. The lowest BCUT2D eigenvalue weighted by Crippen LogP contribution is -2.36. The van der Waals surface area contributed by atoms with Gasteiger partial charge in [0.05, 0.1) is 40.5 Å². The summed E-state index contributed by atoms with van der Waals surface area (Å²) in [6, 6.07) is 1.36. The normalized spacial score (nSPS) is 24.3. The number of aromatic nitrogens is 4. The maximum Gasteiger partial charge on any atom is 0.224 e. The highest BCUT2D eigenvalue weighted by Gasteiger charge is 2.43. The molecule has 2 aliphatic carbocycles. The Hall–Kier alpha value is -2.45. The number of thiazole rings is 1. The molecule has 11 nitrogen and oxygen atoms in total. The number of hydrogen-bond acceptors (Lipinski definition) is 12. The quantitative estimate of drug-likeness (QED) is 0.280. The number of pyridine rings is 1. The molecule has 0 radical (unpaired) electrons. The third kappa shape index (κ3) is 5.44. The number of nitrogens with zero attached hydrogens (tertiary/aromatic N) is 4. The summed E-state index contributed by atoms with van der Waals surface area (Å²) in [5.41, 5.74) is 2.56. The first-order valence-corrected chi connectivity index (χ1v) is 14.8. The molecule has 0 bridgehead atoms. The number of anilines is 2. The second-order valence-electron chi connectivity index (χ2n) is 9.53. The van der Waals surface area contributed by atoms with E-state index in [9.17, 15) is 18.6 Å². The monoisotopic (exact) mass is 534 g/mol. The first-order valence-electron chi connectivity index (χ1n) is 11.9. The van der Waals surface area contributed by atoms with E-state index in [0.717, 1.165) is 35.0 Å². The summed E-state index contributed by atoms with van der Waals surface area (Å²) in [5, 5.41) is 28.3. The molecule has 36 heavy (non-hydrogen) atoms. The minimum Gasteiger partial charge on any atom is -0.390 e. The Bertz CT molecular complexity index is 1350. The van der Waals surface area contributed by atoms with Crippen LogP contribution in [0.5, 0.6) is 0 Å². The zero-order chi connectivity index (χ0) is 25.4. The summed E-state index contributed by atoms with van der Waals surface area (Å²) in [6.45, 7) is 0.984. The Labute approximate surface area is 213 Å². The van der Waals surface area contributed by atoms with E-state index in [-0.39, 0.29) is 12.2 Å². The topological polar surface area (TPSA) is 159 Å². The SMILES string of the molecule is COCCNc1ncc(-c2nc3c(C4CC4)nccc3s2)c(NC2CC(CS(C)(=O)=O)C(O)C2O)n1. The first-order chi connectivity index (χ1) is 17.2. The summed E-state index contributed by atoms with van der Waals surface area (Å²) in [5.74, 6) is 0.499.